The normalized spacial score (nSPS) is 17.9. The number of carbonyl (C=O) groups is 1. The first-order valence-electron chi connectivity index (χ1n) is 5.99. The number of likely N-dealkylation sites (tertiary alicyclic amines) is 1. The van der Waals surface area contributed by atoms with Gasteiger partial charge < -0.3 is 10.2 Å². The van der Waals surface area contributed by atoms with Crippen LogP contribution in [-0.4, -0.2) is 34.2 Å². The molecule has 0 saturated carbocycles. The zero-order valence-electron chi connectivity index (χ0n) is 9.97. The van der Waals surface area contributed by atoms with Crippen LogP contribution in [0.5, 0.6) is 0 Å². The van der Waals surface area contributed by atoms with Crippen molar-refractivity contribution in [3.63, 3.8) is 0 Å². The molecule has 2 rings (SSSR count). The maximum absolute atomic E-state index is 13.8. The van der Waals surface area contributed by atoms with Crippen LogP contribution in [0.1, 0.15) is 30.1 Å². The minimum Gasteiger partial charge on any atom is -0.479 e. The highest BCUT2D eigenvalue weighted by Crippen LogP contribution is 2.20. The second-order valence-electron chi connectivity index (χ2n) is 4.57. The van der Waals surface area contributed by atoms with Crippen LogP contribution in [0.3, 0.4) is 0 Å². The summed E-state index contributed by atoms with van der Waals surface area (Å²) >= 11 is 0. The second kappa shape index (κ2) is 5.46. The summed E-state index contributed by atoms with van der Waals surface area (Å²) in [5, 5.41) is 18.0. The first-order valence-corrected chi connectivity index (χ1v) is 5.99. The number of halogens is 1. The number of carboxylic acids is 1. The second-order valence-corrected chi connectivity index (χ2v) is 4.57. The Morgan fingerprint density at radius 3 is 2.61 bits per heavy atom. The largest absolute Gasteiger partial charge is 0.479 e. The highest BCUT2D eigenvalue weighted by Gasteiger charge is 2.19. The number of aliphatic carboxylic acids is 1. The van der Waals surface area contributed by atoms with Crippen LogP contribution in [0.2, 0.25) is 0 Å². The number of nitrogens with zero attached hydrogens (tertiary/aromatic N) is 1. The molecule has 5 heteroatoms. The molecule has 2 N–H and O–H groups in total. The quantitative estimate of drug-likeness (QED) is 0.854. The van der Waals surface area contributed by atoms with Gasteiger partial charge in [-0.1, -0.05) is 12.1 Å². The first kappa shape index (κ1) is 13.0. The van der Waals surface area contributed by atoms with Crippen molar-refractivity contribution >= 4 is 5.97 Å². The Morgan fingerprint density at radius 2 is 2.06 bits per heavy atom. The molecule has 0 aliphatic carbocycles. The highest BCUT2D eigenvalue weighted by molar-refractivity contribution is 5.74. The van der Waals surface area contributed by atoms with Crippen LogP contribution in [0, 0.1) is 5.82 Å². The minimum absolute atomic E-state index is 0.0742. The van der Waals surface area contributed by atoms with Gasteiger partial charge in [0.15, 0.2) is 6.10 Å². The molecule has 98 valence electrons. The molecule has 0 radical (unpaired) electrons. The van der Waals surface area contributed by atoms with E-state index in [9.17, 15) is 14.3 Å². The van der Waals surface area contributed by atoms with E-state index in [1.165, 1.54) is 6.07 Å². The summed E-state index contributed by atoms with van der Waals surface area (Å²) in [6.45, 7) is 2.48. The third kappa shape index (κ3) is 2.86. The summed E-state index contributed by atoms with van der Waals surface area (Å²) in [7, 11) is 0. The van der Waals surface area contributed by atoms with E-state index in [0.717, 1.165) is 32.0 Å². The van der Waals surface area contributed by atoms with Crippen molar-refractivity contribution in [1.29, 1.82) is 0 Å². The molecule has 1 aliphatic heterocycles. The topological polar surface area (TPSA) is 60.8 Å². The predicted molar refractivity (Wildman–Crippen MR) is 63.5 cm³/mol. The lowest BCUT2D eigenvalue weighted by Gasteiger charge is -2.16. The van der Waals surface area contributed by atoms with Gasteiger partial charge >= 0.3 is 5.97 Å². The average molecular weight is 253 g/mol. The minimum atomic E-state index is -1.67. The molecule has 1 aliphatic rings. The summed E-state index contributed by atoms with van der Waals surface area (Å²) in [6, 6.07) is 4.12. The van der Waals surface area contributed by atoms with Crippen LogP contribution >= 0.6 is 0 Å². The van der Waals surface area contributed by atoms with Crippen molar-refractivity contribution in [2.75, 3.05) is 13.1 Å². The Kier molecular flexibility index (Phi) is 3.93. The van der Waals surface area contributed by atoms with Gasteiger partial charge in [-0.15, -0.1) is 0 Å². The molecular weight excluding hydrogens is 237 g/mol. The van der Waals surface area contributed by atoms with Crippen LogP contribution in [0.15, 0.2) is 18.2 Å². The van der Waals surface area contributed by atoms with E-state index in [1.54, 1.807) is 6.07 Å². The summed E-state index contributed by atoms with van der Waals surface area (Å²) in [5.41, 5.74) is 0.614. The number of aliphatic hydroxyl groups excluding tert-OH is 1. The summed E-state index contributed by atoms with van der Waals surface area (Å²) in [4.78, 5) is 12.8. The van der Waals surface area contributed by atoms with Crippen LogP contribution in [-0.2, 0) is 11.3 Å². The van der Waals surface area contributed by atoms with Gasteiger partial charge in [-0.2, -0.15) is 0 Å². The lowest BCUT2D eigenvalue weighted by Crippen LogP contribution is -2.19. The number of hydrogen-bond acceptors (Lipinski definition) is 3. The third-order valence-corrected chi connectivity index (χ3v) is 3.22. The Morgan fingerprint density at radius 1 is 1.39 bits per heavy atom. The Bertz CT molecular complexity index is 444. The van der Waals surface area contributed by atoms with Crippen molar-refractivity contribution in [2.24, 2.45) is 0 Å². The molecule has 18 heavy (non-hydrogen) atoms. The van der Waals surface area contributed by atoms with E-state index in [0.29, 0.717) is 12.1 Å². The van der Waals surface area contributed by atoms with Gasteiger partial charge in [-0.25, -0.2) is 9.18 Å². The van der Waals surface area contributed by atoms with Crippen molar-refractivity contribution < 1.29 is 19.4 Å². The van der Waals surface area contributed by atoms with Crippen molar-refractivity contribution in [3.05, 3.63) is 35.1 Å². The fourth-order valence-corrected chi connectivity index (χ4v) is 2.19. The monoisotopic (exact) mass is 253 g/mol. The average Bonchev–Trinajstić information content (AvgIpc) is 2.83. The Labute approximate surface area is 105 Å². The summed E-state index contributed by atoms with van der Waals surface area (Å²) in [5.74, 6) is -1.83. The molecule has 1 heterocycles. The Hall–Kier alpha value is -1.46. The smallest absolute Gasteiger partial charge is 0.337 e. The van der Waals surface area contributed by atoms with Gasteiger partial charge in [0.25, 0.3) is 0 Å². The maximum atomic E-state index is 13.8. The molecule has 1 fully saturated rings. The zero-order chi connectivity index (χ0) is 13.1. The molecule has 0 aromatic heterocycles. The number of aliphatic hydroxyl groups is 1. The number of carboxylic acid groups (broad SMARTS) is 1. The number of benzene rings is 1. The lowest BCUT2D eigenvalue weighted by atomic mass is 10.1. The van der Waals surface area contributed by atoms with E-state index in [2.05, 4.69) is 4.90 Å². The highest BCUT2D eigenvalue weighted by atomic mass is 19.1. The molecule has 0 amide bonds. The van der Waals surface area contributed by atoms with E-state index >= 15 is 0 Å². The van der Waals surface area contributed by atoms with Crippen molar-refractivity contribution in [1.82, 2.24) is 4.90 Å². The zero-order valence-corrected chi connectivity index (χ0v) is 9.97. The van der Waals surface area contributed by atoms with E-state index < -0.39 is 17.9 Å². The molecule has 4 nitrogen and oxygen atoms in total. The van der Waals surface area contributed by atoms with Crippen LogP contribution in [0.25, 0.3) is 0 Å². The number of hydrogen-bond donors (Lipinski definition) is 2. The fourth-order valence-electron chi connectivity index (χ4n) is 2.19. The van der Waals surface area contributed by atoms with Crippen LogP contribution in [0.4, 0.5) is 4.39 Å². The van der Waals surface area contributed by atoms with Gasteiger partial charge in [0.2, 0.25) is 0 Å². The SMILES string of the molecule is O=C(O)C(O)c1ccc(CN2CCCC2)c(F)c1. The third-order valence-electron chi connectivity index (χ3n) is 3.22. The molecule has 1 aromatic rings. The van der Waals surface area contributed by atoms with E-state index in [-0.39, 0.29) is 5.56 Å². The molecule has 0 spiro atoms. The fraction of sp³-hybridized carbons (Fsp3) is 0.462. The van der Waals surface area contributed by atoms with Gasteiger partial charge in [0.05, 0.1) is 0 Å². The van der Waals surface area contributed by atoms with Gasteiger partial charge in [0, 0.05) is 12.1 Å². The predicted octanol–water partition coefficient (Wildman–Crippen LogP) is 1.54. The number of rotatable bonds is 4. The van der Waals surface area contributed by atoms with E-state index in [1.807, 2.05) is 0 Å². The lowest BCUT2D eigenvalue weighted by molar-refractivity contribution is -0.146. The molecule has 1 aromatic carbocycles. The van der Waals surface area contributed by atoms with Crippen molar-refractivity contribution in [3.8, 4) is 0 Å². The Balaban J connectivity index is 2.11. The van der Waals surface area contributed by atoms with Gasteiger partial charge in [-0.05, 0) is 37.6 Å². The molecular formula is C13H16FNO3. The standard InChI is InChI=1S/C13H16FNO3/c14-11-7-9(12(16)13(17)18)3-4-10(11)8-15-5-1-2-6-15/h3-4,7,12,16H,1-2,5-6,8H2,(H,17,18). The molecule has 1 atom stereocenters. The van der Waals surface area contributed by atoms with Gasteiger partial charge in [0.1, 0.15) is 5.82 Å². The van der Waals surface area contributed by atoms with E-state index in [4.69, 9.17) is 5.11 Å². The molecule has 1 unspecified atom stereocenters. The van der Waals surface area contributed by atoms with Crippen LogP contribution < -0.4 is 0 Å². The van der Waals surface area contributed by atoms with Crippen molar-refractivity contribution in [2.45, 2.75) is 25.5 Å². The molecule has 1 saturated heterocycles. The first-order chi connectivity index (χ1) is 8.58. The maximum Gasteiger partial charge on any atom is 0.337 e. The summed E-state index contributed by atoms with van der Waals surface area (Å²) < 4.78 is 13.8. The summed E-state index contributed by atoms with van der Waals surface area (Å²) in [6.07, 6.45) is 0.606. The molecule has 0 bridgehead atoms. The van der Waals surface area contributed by atoms with Gasteiger partial charge in [-0.3, -0.25) is 4.90 Å².